The summed E-state index contributed by atoms with van der Waals surface area (Å²) in [5.41, 5.74) is 2.51. The third-order valence-corrected chi connectivity index (χ3v) is 7.19. The van der Waals surface area contributed by atoms with E-state index in [2.05, 4.69) is 25.7 Å². The highest BCUT2D eigenvalue weighted by atomic mass is 35.5. The molecule has 0 amide bonds. The fourth-order valence-electron chi connectivity index (χ4n) is 4.25. The maximum atomic E-state index is 12.7. The molecule has 0 radical (unpaired) electrons. The minimum atomic E-state index is -0.568. The number of amidine groups is 1. The van der Waals surface area contributed by atoms with Gasteiger partial charge in [-0.25, -0.2) is 9.79 Å². The van der Waals surface area contributed by atoms with E-state index in [9.17, 15) is 4.79 Å². The van der Waals surface area contributed by atoms with Gasteiger partial charge in [0.2, 0.25) is 0 Å². The Morgan fingerprint density at radius 1 is 1.13 bits per heavy atom. The standard InChI is InChI=1S/C24H24Cl2N2O2S/c1-5-30-22(29)20-19(14(2)3)28-21(15-6-10-17(25)11-7-15)24(4,27-23(28)31-20)16-8-12-18(26)13-9-16/h6-14,21H,5H2,1-4H3/t21-,24-/m1/s1. The van der Waals surface area contributed by atoms with Crippen molar-refractivity contribution < 1.29 is 9.53 Å². The van der Waals surface area contributed by atoms with E-state index in [0.29, 0.717) is 21.6 Å². The number of fused-ring (bicyclic) bond motifs is 1. The second kappa shape index (κ2) is 8.53. The van der Waals surface area contributed by atoms with Crippen molar-refractivity contribution in [2.24, 2.45) is 10.9 Å². The van der Waals surface area contributed by atoms with Gasteiger partial charge >= 0.3 is 5.97 Å². The van der Waals surface area contributed by atoms with Crippen LogP contribution in [0, 0.1) is 5.92 Å². The number of rotatable bonds is 5. The fourth-order valence-corrected chi connectivity index (χ4v) is 5.81. The van der Waals surface area contributed by atoms with E-state index in [4.69, 9.17) is 32.9 Å². The molecule has 0 saturated heterocycles. The van der Waals surface area contributed by atoms with Gasteiger partial charge in [-0.1, -0.05) is 61.3 Å². The number of hydrogen-bond acceptors (Lipinski definition) is 5. The maximum absolute atomic E-state index is 12.7. The monoisotopic (exact) mass is 474 g/mol. The lowest BCUT2D eigenvalue weighted by atomic mass is 9.81. The molecule has 0 unspecified atom stereocenters. The van der Waals surface area contributed by atoms with Crippen LogP contribution in [0.1, 0.15) is 44.9 Å². The zero-order valence-corrected chi connectivity index (χ0v) is 20.2. The molecular weight excluding hydrogens is 451 g/mol. The highest BCUT2D eigenvalue weighted by molar-refractivity contribution is 8.18. The number of nitrogens with zero attached hydrogens (tertiary/aromatic N) is 2. The fraction of sp³-hybridized carbons (Fsp3) is 0.333. The van der Waals surface area contributed by atoms with Gasteiger partial charge in [0.25, 0.3) is 0 Å². The summed E-state index contributed by atoms with van der Waals surface area (Å²) < 4.78 is 5.35. The Kier molecular flexibility index (Phi) is 6.12. The zero-order chi connectivity index (χ0) is 22.3. The molecule has 2 heterocycles. The van der Waals surface area contributed by atoms with Gasteiger partial charge < -0.3 is 9.64 Å². The second-order valence-corrected chi connectivity index (χ2v) is 9.91. The molecule has 162 valence electrons. The lowest BCUT2D eigenvalue weighted by Crippen LogP contribution is -2.36. The van der Waals surface area contributed by atoms with E-state index in [0.717, 1.165) is 22.0 Å². The Hall–Kier alpha value is -1.95. The van der Waals surface area contributed by atoms with Crippen LogP contribution in [0.5, 0.6) is 0 Å². The number of allylic oxidation sites excluding steroid dienone is 1. The van der Waals surface area contributed by atoms with E-state index in [-0.39, 0.29) is 17.9 Å². The van der Waals surface area contributed by atoms with Crippen molar-refractivity contribution >= 4 is 46.1 Å². The molecule has 0 N–H and O–H groups in total. The van der Waals surface area contributed by atoms with Crippen LogP contribution in [0.4, 0.5) is 0 Å². The Bertz CT molecular complexity index is 1060. The van der Waals surface area contributed by atoms with Crippen LogP contribution in [-0.4, -0.2) is 22.6 Å². The summed E-state index contributed by atoms with van der Waals surface area (Å²) in [4.78, 5) is 20.7. The van der Waals surface area contributed by atoms with Gasteiger partial charge in [0.1, 0.15) is 10.4 Å². The van der Waals surface area contributed by atoms with Crippen molar-refractivity contribution in [2.45, 2.75) is 39.3 Å². The van der Waals surface area contributed by atoms with E-state index >= 15 is 0 Å². The minimum absolute atomic E-state index is 0.113. The molecule has 2 aromatic rings. The lowest BCUT2D eigenvalue weighted by Gasteiger charge is -2.37. The van der Waals surface area contributed by atoms with E-state index in [1.165, 1.54) is 11.8 Å². The van der Waals surface area contributed by atoms with Gasteiger partial charge in [-0.15, -0.1) is 0 Å². The molecule has 7 heteroatoms. The van der Waals surface area contributed by atoms with E-state index in [1.54, 1.807) is 0 Å². The molecule has 2 aliphatic rings. The first kappa shape index (κ1) is 22.3. The molecule has 0 fully saturated rings. The number of aliphatic imine (C=N–C) groups is 1. The summed E-state index contributed by atoms with van der Waals surface area (Å²) in [6.07, 6.45) is 0. The van der Waals surface area contributed by atoms with Crippen molar-refractivity contribution in [2.75, 3.05) is 6.61 Å². The van der Waals surface area contributed by atoms with Crippen LogP contribution in [0.2, 0.25) is 10.0 Å². The van der Waals surface area contributed by atoms with Gasteiger partial charge in [-0.3, -0.25) is 0 Å². The molecule has 2 aromatic carbocycles. The highest BCUT2D eigenvalue weighted by Gasteiger charge is 2.53. The zero-order valence-electron chi connectivity index (χ0n) is 17.9. The molecule has 0 aromatic heterocycles. The van der Waals surface area contributed by atoms with Crippen LogP contribution in [0.15, 0.2) is 64.1 Å². The Labute approximate surface area is 197 Å². The molecule has 31 heavy (non-hydrogen) atoms. The van der Waals surface area contributed by atoms with Gasteiger partial charge in [0.05, 0.1) is 12.6 Å². The van der Waals surface area contributed by atoms with Crippen LogP contribution in [0.3, 0.4) is 0 Å². The first-order chi connectivity index (χ1) is 14.8. The molecule has 0 saturated carbocycles. The quantitative estimate of drug-likeness (QED) is 0.446. The number of carbonyl (C=O) groups excluding carboxylic acids is 1. The summed E-state index contributed by atoms with van der Waals surface area (Å²) in [6, 6.07) is 15.5. The van der Waals surface area contributed by atoms with Crippen LogP contribution in [0.25, 0.3) is 0 Å². The third-order valence-electron chi connectivity index (χ3n) is 5.63. The number of esters is 1. The average molecular weight is 475 g/mol. The number of hydrogen-bond donors (Lipinski definition) is 0. The summed E-state index contributed by atoms with van der Waals surface area (Å²) in [5.74, 6) is -0.182. The summed E-state index contributed by atoms with van der Waals surface area (Å²) >= 11 is 13.7. The molecule has 0 aliphatic carbocycles. The largest absolute Gasteiger partial charge is 0.462 e. The molecule has 0 spiro atoms. The molecule has 2 aliphatic heterocycles. The van der Waals surface area contributed by atoms with Crippen molar-refractivity contribution in [1.29, 1.82) is 0 Å². The van der Waals surface area contributed by atoms with Crippen LogP contribution < -0.4 is 0 Å². The predicted molar refractivity (Wildman–Crippen MR) is 128 cm³/mol. The average Bonchev–Trinajstić information content (AvgIpc) is 3.22. The molecular formula is C24H24Cl2N2O2S. The van der Waals surface area contributed by atoms with Crippen molar-refractivity contribution in [3.05, 3.63) is 80.3 Å². The first-order valence-corrected chi connectivity index (χ1v) is 11.8. The number of halogens is 2. The third kappa shape index (κ3) is 3.88. The summed E-state index contributed by atoms with van der Waals surface area (Å²) in [5, 5.41) is 2.17. The lowest BCUT2D eigenvalue weighted by molar-refractivity contribution is -0.137. The van der Waals surface area contributed by atoms with Crippen LogP contribution in [-0.2, 0) is 15.1 Å². The highest BCUT2D eigenvalue weighted by Crippen LogP contribution is 2.56. The SMILES string of the molecule is CCOC(=O)C1=C(C(C)C)N2C(=N[C@](C)(c3ccc(Cl)cc3)[C@H]2c2ccc(Cl)cc2)S1. The Morgan fingerprint density at radius 2 is 1.71 bits per heavy atom. The van der Waals surface area contributed by atoms with Gasteiger partial charge in [-0.2, -0.15) is 0 Å². The van der Waals surface area contributed by atoms with E-state index in [1.807, 2.05) is 55.5 Å². The number of ether oxygens (including phenoxy) is 1. The Balaban J connectivity index is 1.89. The predicted octanol–water partition coefficient (Wildman–Crippen LogP) is 6.80. The summed E-state index contributed by atoms with van der Waals surface area (Å²) in [7, 11) is 0. The topological polar surface area (TPSA) is 41.9 Å². The molecule has 4 nitrogen and oxygen atoms in total. The van der Waals surface area contributed by atoms with Crippen molar-refractivity contribution in [3.8, 4) is 0 Å². The minimum Gasteiger partial charge on any atom is -0.462 e. The van der Waals surface area contributed by atoms with Gasteiger partial charge in [0, 0.05) is 15.7 Å². The van der Waals surface area contributed by atoms with Crippen LogP contribution >= 0.6 is 35.0 Å². The molecule has 4 rings (SSSR count). The second-order valence-electron chi connectivity index (χ2n) is 8.06. The smallest absolute Gasteiger partial charge is 0.346 e. The normalized spacial score (nSPS) is 22.7. The number of thioether (sulfide) groups is 1. The molecule has 2 atom stereocenters. The van der Waals surface area contributed by atoms with Crippen molar-refractivity contribution in [3.63, 3.8) is 0 Å². The number of carbonyl (C=O) groups is 1. The summed E-state index contributed by atoms with van der Waals surface area (Å²) in [6.45, 7) is 8.47. The number of benzene rings is 2. The van der Waals surface area contributed by atoms with Gasteiger partial charge in [-0.05, 0) is 66.9 Å². The molecule has 0 bridgehead atoms. The Morgan fingerprint density at radius 3 is 2.26 bits per heavy atom. The van der Waals surface area contributed by atoms with E-state index < -0.39 is 5.54 Å². The first-order valence-electron chi connectivity index (χ1n) is 10.3. The van der Waals surface area contributed by atoms with Gasteiger partial charge in [0.15, 0.2) is 5.17 Å². The van der Waals surface area contributed by atoms with Crippen molar-refractivity contribution in [1.82, 2.24) is 4.90 Å². The maximum Gasteiger partial charge on any atom is 0.346 e.